The predicted octanol–water partition coefficient (Wildman–Crippen LogP) is 4.45. The number of alkyl carbamates (subject to hydrolysis) is 1. The molecule has 0 bridgehead atoms. The minimum atomic E-state index is -0.975. The monoisotopic (exact) mass is 452 g/mol. The van der Waals surface area contributed by atoms with E-state index in [1.165, 1.54) is 0 Å². The number of fused-ring (bicyclic) bond motifs is 3. The molecule has 3 rings (SSSR count). The predicted molar refractivity (Wildman–Crippen MR) is 126 cm³/mol. The fraction of sp³-hybridized carbons (Fsp3) is 0.423. The number of carbonyl (C=O) groups is 3. The highest BCUT2D eigenvalue weighted by Gasteiger charge is 2.30. The zero-order valence-electron chi connectivity index (χ0n) is 19.2. The molecule has 2 aromatic rings. The molecule has 176 valence electrons. The van der Waals surface area contributed by atoms with Crippen molar-refractivity contribution >= 4 is 18.0 Å². The summed E-state index contributed by atoms with van der Waals surface area (Å²) in [6.07, 6.45) is 1.74. The second-order valence-electron chi connectivity index (χ2n) is 8.38. The first kappa shape index (κ1) is 24.3. The van der Waals surface area contributed by atoms with Crippen molar-refractivity contribution in [1.29, 1.82) is 0 Å². The molecule has 0 radical (unpaired) electrons. The van der Waals surface area contributed by atoms with Gasteiger partial charge in [0, 0.05) is 12.0 Å². The van der Waals surface area contributed by atoms with Gasteiger partial charge in [0.25, 0.3) is 0 Å². The van der Waals surface area contributed by atoms with Crippen molar-refractivity contribution in [1.82, 2.24) is 10.6 Å². The van der Waals surface area contributed by atoms with Crippen LogP contribution >= 0.6 is 0 Å². The van der Waals surface area contributed by atoms with Gasteiger partial charge in [-0.1, -0.05) is 75.2 Å². The minimum absolute atomic E-state index is 0.0638. The molecule has 7 heteroatoms. The third-order valence-corrected chi connectivity index (χ3v) is 6.06. The lowest BCUT2D eigenvalue weighted by molar-refractivity contribution is -0.137. The van der Waals surface area contributed by atoms with Crippen LogP contribution in [0.5, 0.6) is 0 Å². The van der Waals surface area contributed by atoms with Gasteiger partial charge in [0.2, 0.25) is 5.91 Å². The van der Waals surface area contributed by atoms with Crippen molar-refractivity contribution in [2.75, 3.05) is 6.61 Å². The van der Waals surface area contributed by atoms with E-state index in [1.54, 1.807) is 0 Å². The Morgan fingerprint density at radius 3 is 2.12 bits per heavy atom. The first-order chi connectivity index (χ1) is 15.9. The lowest BCUT2D eigenvalue weighted by Crippen LogP contribution is -2.50. The van der Waals surface area contributed by atoms with Gasteiger partial charge in [-0.2, -0.15) is 0 Å². The first-order valence-electron chi connectivity index (χ1n) is 11.6. The standard InChI is InChI=1S/C26H32N2O5/c1-3-5-14-23(25(31)27-17(4-2)15-24(29)30)28-26(32)33-16-22-20-12-8-6-10-18(20)19-11-7-9-13-21(19)22/h6-13,17,22-23H,3-5,14-16H2,1-2H3,(H,27,31)(H,28,32)(H,29,30)/t17-,23+/m1/s1. The summed E-state index contributed by atoms with van der Waals surface area (Å²) < 4.78 is 5.57. The summed E-state index contributed by atoms with van der Waals surface area (Å²) in [5.74, 6) is -1.42. The van der Waals surface area contributed by atoms with Crippen LogP contribution in [0.1, 0.15) is 63.0 Å². The van der Waals surface area contributed by atoms with Crippen LogP contribution in [0.2, 0.25) is 0 Å². The molecule has 7 nitrogen and oxygen atoms in total. The Balaban J connectivity index is 1.64. The van der Waals surface area contributed by atoms with Gasteiger partial charge in [0.05, 0.1) is 6.42 Å². The number of ether oxygens (including phenoxy) is 1. The molecule has 0 spiro atoms. The average Bonchev–Trinajstić information content (AvgIpc) is 3.13. The number of amides is 2. The largest absolute Gasteiger partial charge is 0.481 e. The average molecular weight is 453 g/mol. The van der Waals surface area contributed by atoms with E-state index in [2.05, 4.69) is 22.8 Å². The van der Waals surface area contributed by atoms with E-state index in [9.17, 15) is 14.4 Å². The number of carboxylic acid groups (broad SMARTS) is 1. The SMILES string of the molecule is CCCC[C@H](NC(=O)OCC1c2ccccc2-c2ccccc21)C(=O)N[C@H](CC)CC(=O)O. The van der Waals surface area contributed by atoms with Crippen molar-refractivity contribution in [2.45, 2.75) is 64.0 Å². The van der Waals surface area contributed by atoms with E-state index in [-0.39, 0.29) is 24.9 Å². The van der Waals surface area contributed by atoms with Crippen LogP contribution in [0.25, 0.3) is 11.1 Å². The van der Waals surface area contributed by atoms with Crippen LogP contribution < -0.4 is 10.6 Å². The molecule has 3 N–H and O–H groups in total. The van der Waals surface area contributed by atoms with E-state index in [1.807, 2.05) is 50.2 Å². The Hall–Kier alpha value is -3.35. The Morgan fingerprint density at radius 1 is 0.970 bits per heavy atom. The topological polar surface area (TPSA) is 105 Å². The fourth-order valence-electron chi connectivity index (χ4n) is 4.27. The summed E-state index contributed by atoms with van der Waals surface area (Å²) in [7, 11) is 0. The van der Waals surface area contributed by atoms with E-state index in [0.29, 0.717) is 12.8 Å². The molecule has 0 heterocycles. The molecule has 2 aromatic carbocycles. The van der Waals surface area contributed by atoms with Gasteiger partial charge in [0.15, 0.2) is 0 Å². The van der Waals surface area contributed by atoms with Crippen LogP contribution in [-0.2, 0) is 14.3 Å². The van der Waals surface area contributed by atoms with Gasteiger partial charge in [-0.05, 0) is 35.1 Å². The van der Waals surface area contributed by atoms with Crippen LogP contribution in [0.4, 0.5) is 4.79 Å². The van der Waals surface area contributed by atoms with Crippen molar-refractivity contribution in [3.8, 4) is 11.1 Å². The third-order valence-electron chi connectivity index (χ3n) is 6.06. The van der Waals surface area contributed by atoms with Crippen molar-refractivity contribution in [2.24, 2.45) is 0 Å². The summed E-state index contributed by atoms with van der Waals surface area (Å²) in [5.41, 5.74) is 4.52. The number of hydrogen-bond acceptors (Lipinski definition) is 4. The molecule has 0 aromatic heterocycles. The Kier molecular flexibility index (Phi) is 8.46. The maximum atomic E-state index is 12.7. The maximum Gasteiger partial charge on any atom is 0.407 e. The highest BCUT2D eigenvalue weighted by atomic mass is 16.5. The summed E-state index contributed by atoms with van der Waals surface area (Å²) in [4.78, 5) is 36.4. The summed E-state index contributed by atoms with van der Waals surface area (Å²) in [6, 6.07) is 14.9. The number of hydrogen-bond donors (Lipinski definition) is 3. The molecule has 0 fully saturated rings. The molecule has 33 heavy (non-hydrogen) atoms. The van der Waals surface area contributed by atoms with E-state index >= 15 is 0 Å². The zero-order chi connectivity index (χ0) is 23.8. The van der Waals surface area contributed by atoms with Crippen LogP contribution in [0, 0.1) is 0 Å². The Bertz CT molecular complexity index is 945. The van der Waals surface area contributed by atoms with Gasteiger partial charge in [0.1, 0.15) is 12.6 Å². The number of benzene rings is 2. The molecular formula is C26H32N2O5. The van der Waals surface area contributed by atoms with Crippen LogP contribution in [0.15, 0.2) is 48.5 Å². The van der Waals surface area contributed by atoms with Crippen molar-refractivity contribution in [3.05, 3.63) is 59.7 Å². The second kappa shape index (κ2) is 11.5. The quantitative estimate of drug-likeness (QED) is 0.467. The summed E-state index contributed by atoms with van der Waals surface area (Å²) >= 11 is 0. The lowest BCUT2D eigenvalue weighted by Gasteiger charge is -2.22. The highest BCUT2D eigenvalue weighted by Crippen LogP contribution is 2.44. The summed E-state index contributed by atoms with van der Waals surface area (Å²) in [6.45, 7) is 3.98. The van der Waals surface area contributed by atoms with E-state index < -0.39 is 24.1 Å². The number of carbonyl (C=O) groups excluding carboxylic acids is 2. The van der Waals surface area contributed by atoms with Gasteiger partial charge in [-0.15, -0.1) is 0 Å². The van der Waals surface area contributed by atoms with E-state index in [0.717, 1.165) is 35.1 Å². The smallest absolute Gasteiger partial charge is 0.407 e. The molecule has 0 saturated heterocycles. The van der Waals surface area contributed by atoms with Crippen LogP contribution in [-0.4, -0.2) is 41.8 Å². The summed E-state index contributed by atoms with van der Waals surface area (Å²) in [5, 5.41) is 14.5. The Morgan fingerprint density at radius 2 is 1.58 bits per heavy atom. The maximum absolute atomic E-state index is 12.7. The second-order valence-corrected chi connectivity index (χ2v) is 8.38. The molecule has 0 saturated carbocycles. The van der Waals surface area contributed by atoms with Crippen molar-refractivity contribution in [3.63, 3.8) is 0 Å². The molecule has 0 unspecified atom stereocenters. The molecule has 2 atom stereocenters. The highest BCUT2D eigenvalue weighted by molar-refractivity contribution is 5.86. The minimum Gasteiger partial charge on any atom is -0.481 e. The number of rotatable bonds is 11. The first-order valence-corrected chi connectivity index (χ1v) is 11.6. The lowest BCUT2D eigenvalue weighted by atomic mass is 9.98. The number of nitrogens with one attached hydrogen (secondary N) is 2. The molecule has 2 amide bonds. The van der Waals surface area contributed by atoms with Gasteiger partial charge in [-0.25, -0.2) is 4.79 Å². The molecule has 1 aliphatic carbocycles. The van der Waals surface area contributed by atoms with Gasteiger partial charge >= 0.3 is 12.1 Å². The number of unbranched alkanes of at least 4 members (excludes halogenated alkanes) is 1. The van der Waals surface area contributed by atoms with Gasteiger partial charge < -0.3 is 20.5 Å². The van der Waals surface area contributed by atoms with Crippen LogP contribution in [0.3, 0.4) is 0 Å². The van der Waals surface area contributed by atoms with E-state index in [4.69, 9.17) is 9.84 Å². The normalized spacial score (nSPS) is 14.0. The number of carboxylic acids is 1. The zero-order valence-corrected chi connectivity index (χ0v) is 19.2. The molecular weight excluding hydrogens is 420 g/mol. The third kappa shape index (κ3) is 6.12. The fourth-order valence-corrected chi connectivity index (χ4v) is 4.27. The van der Waals surface area contributed by atoms with Crippen molar-refractivity contribution < 1.29 is 24.2 Å². The van der Waals surface area contributed by atoms with Gasteiger partial charge in [-0.3, -0.25) is 9.59 Å². The molecule has 0 aliphatic heterocycles. The number of aliphatic carboxylic acids is 1. The molecule has 1 aliphatic rings. The Labute approximate surface area is 194 Å².